The first kappa shape index (κ1) is 16.7. The molecule has 0 unspecified atom stereocenters. The van der Waals surface area contributed by atoms with E-state index in [9.17, 15) is 13.2 Å². The maximum Gasteiger partial charge on any atom is 0.266 e. The van der Waals surface area contributed by atoms with Gasteiger partial charge in [0.15, 0.2) is 0 Å². The Morgan fingerprint density at radius 3 is 2.59 bits per heavy atom. The Bertz CT molecular complexity index is 654. The van der Waals surface area contributed by atoms with Crippen LogP contribution in [0.1, 0.15) is 5.56 Å². The lowest BCUT2D eigenvalue weighted by Gasteiger charge is -2.27. The van der Waals surface area contributed by atoms with Gasteiger partial charge in [0.25, 0.3) is 10.0 Å². The third-order valence-electron chi connectivity index (χ3n) is 3.71. The fourth-order valence-corrected chi connectivity index (χ4v) is 3.36. The molecule has 122 valence electrons. The second-order valence-electron chi connectivity index (χ2n) is 5.27. The predicted octanol–water partition coefficient (Wildman–Crippen LogP) is 0.0565. The predicted molar refractivity (Wildman–Crippen MR) is 82.8 cm³/mol. The van der Waals surface area contributed by atoms with E-state index in [-0.39, 0.29) is 11.4 Å². The molecule has 1 fully saturated rings. The highest BCUT2D eigenvalue weighted by Gasteiger charge is 2.27. The zero-order valence-corrected chi connectivity index (χ0v) is 13.6. The molecule has 1 amide bonds. The van der Waals surface area contributed by atoms with Gasteiger partial charge in [0.2, 0.25) is 5.91 Å². The molecule has 0 saturated carbocycles. The molecule has 0 aliphatic carbocycles. The van der Waals surface area contributed by atoms with Gasteiger partial charge in [-0.1, -0.05) is 0 Å². The number of carbonyl (C=O) groups excluding carboxylic acids is 1. The fourth-order valence-electron chi connectivity index (χ4n) is 2.15. The minimum atomic E-state index is -3.86. The number of nitrogens with two attached hydrogens (primary N) is 1. The summed E-state index contributed by atoms with van der Waals surface area (Å²) in [6.45, 7) is 4.15. The standard InChI is InChI=1S/C14H21N3O4S/c1-11-9-12(3-4-13(11)15)22(19,20)16(2)14(18)10-17-5-7-21-8-6-17/h3-4,9H,5-8,10,15H2,1-2H3. The average molecular weight is 327 g/mol. The third-order valence-corrected chi connectivity index (χ3v) is 5.49. The molecule has 0 bridgehead atoms. The molecule has 2 N–H and O–H groups in total. The van der Waals surface area contributed by atoms with Crippen molar-refractivity contribution in [1.82, 2.24) is 9.21 Å². The number of carbonyl (C=O) groups is 1. The van der Waals surface area contributed by atoms with Gasteiger partial charge in [-0.2, -0.15) is 0 Å². The van der Waals surface area contributed by atoms with Crippen molar-refractivity contribution in [2.24, 2.45) is 0 Å². The minimum absolute atomic E-state index is 0.0625. The first-order chi connectivity index (χ1) is 10.3. The van der Waals surface area contributed by atoms with E-state index >= 15 is 0 Å². The van der Waals surface area contributed by atoms with Crippen molar-refractivity contribution in [2.75, 3.05) is 45.6 Å². The van der Waals surface area contributed by atoms with Gasteiger partial charge in [-0.05, 0) is 30.7 Å². The number of hydrogen-bond acceptors (Lipinski definition) is 6. The summed E-state index contributed by atoms with van der Waals surface area (Å²) in [7, 11) is -2.58. The van der Waals surface area contributed by atoms with E-state index in [0.29, 0.717) is 37.6 Å². The number of likely N-dealkylation sites (N-methyl/N-ethyl adjacent to an activating group) is 1. The molecule has 0 spiro atoms. The van der Waals surface area contributed by atoms with Crippen molar-refractivity contribution in [3.63, 3.8) is 0 Å². The molecule has 7 nitrogen and oxygen atoms in total. The van der Waals surface area contributed by atoms with Crippen LogP contribution < -0.4 is 5.73 Å². The number of ether oxygens (including phenoxy) is 1. The summed E-state index contributed by atoms with van der Waals surface area (Å²) in [5.41, 5.74) is 6.87. The smallest absolute Gasteiger partial charge is 0.266 e. The summed E-state index contributed by atoms with van der Waals surface area (Å²) in [4.78, 5) is 14.2. The molecular formula is C14H21N3O4S. The highest BCUT2D eigenvalue weighted by atomic mass is 32.2. The molecule has 22 heavy (non-hydrogen) atoms. The van der Waals surface area contributed by atoms with Crippen molar-refractivity contribution in [3.05, 3.63) is 23.8 Å². The summed E-state index contributed by atoms with van der Waals surface area (Å²) < 4.78 is 31.0. The van der Waals surface area contributed by atoms with E-state index in [1.165, 1.54) is 25.2 Å². The minimum Gasteiger partial charge on any atom is -0.399 e. The lowest BCUT2D eigenvalue weighted by atomic mass is 10.2. The van der Waals surface area contributed by atoms with Crippen molar-refractivity contribution in [3.8, 4) is 0 Å². The van der Waals surface area contributed by atoms with Gasteiger partial charge in [-0.15, -0.1) is 0 Å². The number of nitrogen functional groups attached to an aromatic ring is 1. The van der Waals surface area contributed by atoms with Gasteiger partial charge in [-0.3, -0.25) is 9.69 Å². The van der Waals surface area contributed by atoms with E-state index < -0.39 is 15.9 Å². The molecule has 2 rings (SSSR count). The summed E-state index contributed by atoms with van der Waals surface area (Å²) in [6.07, 6.45) is 0. The molecule has 1 aliphatic heterocycles. The zero-order valence-electron chi connectivity index (χ0n) is 12.8. The van der Waals surface area contributed by atoms with Crippen LogP contribution >= 0.6 is 0 Å². The molecule has 0 atom stereocenters. The van der Waals surface area contributed by atoms with Crippen LogP contribution in [0.15, 0.2) is 23.1 Å². The maximum absolute atomic E-state index is 12.5. The van der Waals surface area contributed by atoms with Crippen molar-refractivity contribution < 1.29 is 17.9 Å². The van der Waals surface area contributed by atoms with Crippen LogP contribution in [-0.2, 0) is 19.6 Å². The van der Waals surface area contributed by atoms with Crippen molar-refractivity contribution >= 4 is 21.6 Å². The van der Waals surface area contributed by atoms with Crippen LogP contribution in [0.2, 0.25) is 0 Å². The largest absolute Gasteiger partial charge is 0.399 e. The molecular weight excluding hydrogens is 306 g/mol. The van der Waals surface area contributed by atoms with E-state index in [0.717, 1.165) is 4.31 Å². The molecule has 1 aromatic carbocycles. The number of rotatable bonds is 4. The van der Waals surface area contributed by atoms with Crippen LogP contribution in [0.5, 0.6) is 0 Å². The van der Waals surface area contributed by atoms with E-state index in [4.69, 9.17) is 10.5 Å². The normalized spacial score (nSPS) is 16.5. The summed E-state index contributed by atoms with van der Waals surface area (Å²) in [5.74, 6) is -0.462. The number of morpholine rings is 1. The first-order valence-corrected chi connectivity index (χ1v) is 8.44. The van der Waals surface area contributed by atoms with Gasteiger partial charge in [0.05, 0.1) is 24.7 Å². The lowest BCUT2D eigenvalue weighted by molar-refractivity contribution is -0.127. The van der Waals surface area contributed by atoms with E-state index in [1.54, 1.807) is 6.92 Å². The highest BCUT2D eigenvalue weighted by Crippen LogP contribution is 2.20. The van der Waals surface area contributed by atoms with E-state index in [2.05, 4.69) is 0 Å². The molecule has 8 heteroatoms. The topological polar surface area (TPSA) is 92.9 Å². The second kappa shape index (κ2) is 6.64. The van der Waals surface area contributed by atoms with Gasteiger partial charge in [0, 0.05) is 25.8 Å². The monoisotopic (exact) mass is 327 g/mol. The Morgan fingerprint density at radius 1 is 1.36 bits per heavy atom. The number of nitrogens with zero attached hydrogens (tertiary/aromatic N) is 2. The zero-order chi connectivity index (χ0) is 16.3. The Labute approximate surface area is 130 Å². The average Bonchev–Trinajstić information content (AvgIpc) is 2.50. The summed E-state index contributed by atoms with van der Waals surface area (Å²) in [5, 5.41) is 0. The SMILES string of the molecule is Cc1cc(S(=O)(=O)N(C)C(=O)CN2CCOCC2)ccc1N. The fraction of sp³-hybridized carbons (Fsp3) is 0.500. The Morgan fingerprint density at radius 2 is 2.00 bits per heavy atom. The quantitative estimate of drug-likeness (QED) is 0.786. The Hall–Kier alpha value is -1.64. The molecule has 1 aliphatic rings. The molecule has 1 saturated heterocycles. The Balaban J connectivity index is 2.13. The number of aryl methyl sites for hydroxylation is 1. The van der Waals surface area contributed by atoms with Crippen LogP contribution in [0.4, 0.5) is 5.69 Å². The van der Waals surface area contributed by atoms with Gasteiger partial charge < -0.3 is 10.5 Å². The van der Waals surface area contributed by atoms with Crippen LogP contribution in [0.3, 0.4) is 0 Å². The number of anilines is 1. The van der Waals surface area contributed by atoms with Crippen molar-refractivity contribution in [2.45, 2.75) is 11.8 Å². The second-order valence-corrected chi connectivity index (χ2v) is 7.24. The Kier molecular flexibility index (Phi) is 5.05. The van der Waals surface area contributed by atoms with Crippen LogP contribution in [0, 0.1) is 6.92 Å². The van der Waals surface area contributed by atoms with E-state index in [1.807, 2.05) is 4.90 Å². The lowest BCUT2D eigenvalue weighted by Crippen LogP contribution is -2.45. The van der Waals surface area contributed by atoms with Gasteiger partial charge in [-0.25, -0.2) is 12.7 Å². The van der Waals surface area contributed by atoms with Gasteiger partial charge >= 0.3 is 0 Å². The van der Waals surface area contributed by atoms with Crippen LogP contribution in [0.25, 0.3) is 0 Å². The number of sulfonamides is 1. The van der Waals surface area contributed by atoms with Crippen LogP contribution in [-0.4, -0.2) is 63.4 Å². The third kappa shape index (κ3) is 3.57. The molecule has 0 radical (unpaired) electrons. The summed E-state index contributed by atoms with van der Waals surface area (Å²) in [6, 6.07) is 4.42. The maximum atomic E-state index is 12.5. The first-order valence-electron chi connectivity index (χ1n) is 7.00. The number of benzene rings is 1. The summed E-state index contributed by atoms with van der Waals surface area (Å²) >= 11 is 0. The number of amides is 1. The van der Waals surface area contributed by atoms with Crippen molar-refractivity contribution in [1.29, 1.82) is 0 Å². The molecule has 1 heterocycles. The molecule has 0 aromatic heterocycles. The van der Waals surface area contributed by atoms with Gasteiger partial charge in [0.1, 0.15) is 0 Å². The highest BCUT2D eigenvalue weighted by molar-refractivity contribution is 7.89. The number of hydrogen-bond donors (Lipinski definition) is 1. The molecule has 1 aromatic rings.